The molecule has 2 N–H and O–H groups in total. The fourth-order valence-electron chi connectivity index (χ4n) is 2.40. The van der Waals surface area contributed by atoms with Gasteiger partial charge >= 0.3 is 6.03 Å². The van der Waals surface area contributed by atoms with Gasteiger partial charge in [0, 0.05) is 42.9 Å². The summed E-state index contributed by atoms with van der Waals surface area (Å²) >= 11 is 0. The van der Waals surface area contributed by atoms with Gasteiger partial charge in [0.05, 0.1) is 12.5 Å². The summed E-state index contributed by atoms with van der Waals surface area (Å²) < 4.78 is 3.47. The average Bonchev–Trinajstić information content (AvgIpc) is 3.22. The summed E-state index contributed by atoms with van der Waals surface area (Å²) in [5, 5.41) is 9.78. The predicted molar refractivity (Wildman–Crippen MR) is 92.5 cm³/mol. The number of amides is 2. The zero-order valence-electron chi connectivity index (χ0n) is 14.2. The molecule has 0 spiro atoms. The van der Waals surface area contributed by atoms with Gasteiger partial charge in [-0.2, -0.15) is 9.78 Å². The quantitative estimate of drug-likeness (QED) is 0.665. The zero-order valence-corrected chi connectivity index (χ0v) is 14.2. The molecule has 25 heavy (non-hydrogen) atoms. The molecule has 3 aromatic rings. The normalized spacial score (nSPS) is 10.6. The van der Waals surface area contributed by atoms with Crippen LogP contribution in [0.2, 0.25) is 0 Å². The number of nitrogens with zero attached hydrogens (tertiary/aromatic N) is 6. The molecule has 0 bridgehead atoms. The molecule has 0 saturated heterocycles. The third-order valence-electron chi connectivity index (χ3n) is 3.48. The Labute approximate surface area is 145 Å². The van der Waals surface area contributed by atoms with Crippen molar-refractivity contribution >= 4 is 11.8 Å². The molecule has 0 aliphatic carbocycles. The molecular formula is C16H20N8O. The van der Waals surface area contributed by atoms with Crippen molar-refractivity contribution in [1.29, 1.82) is 0 Å². The number of nitrogens with one attached hydrogen (secondary N) is 2. The molecule has 0 aliphatic heterocycles. The molecule has 0 saturated carbocycles. The number of imidazole rings is 1. The number of rotatable bonds is 6. The topological polar surface area (TPSA) is 103 Å². The summed E-state index contributed by atoms with van der Waals surface area (Å²) in [6.45, 7) is 5.14. The fraction of sp³-hybridized carbons (Fsp3) is 0.312. The summed E-state index contributed by atoms with van der Waals surface area (Å²) in [5.41, 5.74) is 1.68. The van der Waals surface area contributed by atoms with E-state index >= 15 is 0 Å². The second-order valence-corrected chi connectivity index (χ2v) is 5.61. The number of carbonyl (C=O) groups is 1. The van der Waals surface area contributed by atoms with Gasteiger partial charge in [-0.1, -0.05) is 0 Å². The maximum absolute atomic E-state index is 12.1. The summed E-state index contributed by atoms with van der Waals surface area (Å²) in [4.78, 5) is 24.8. The van der Waals surface area contributed by atoms with Gasteiger partial charge in [0.2, 0.25) is 0 Å². The molecular weight excluding hydrogens is 320 g/mol. The van der Waals surface area contributed by atoms with Gasteiger partial charge in [0.1, 0.15) is 5.82 Å². The molecule has 9 nitrogen and oxygen atoms in total. The van der Waals surface area contributed by atoms with Crippen LogP contribution in [0.3, 0.4) is 0 Å². The number of anilines is 1. The van der Waals surface area contributed by atoms with Crippen LogP contribution in [0, 0.1) is 13.8 Å². The highest BCUT2D eigenvalue weighted by Crippen LogP contribution is 2.12. The molecule has 3 heterocycles. The van der Waals surface area contributed by atoms with Crippen LogP contribution in [0.5, 0.6) is 0 Å². The second kappa shape index (κ2) is 7.56. The van der Waals surface area contributed by atoms with Crippen LogP contribution in [-0.4, -0.2) is 41.9 Å². The highest BCUT2D eigenvalue weighted by atomic mass is 16.2. The van der Waals surface area contributed by atoms with E-state index < -0.39 is 0 Å². The van der Waals surface area contributed by atoms with E-state index in [1.807, 2.05) is 30.7 Å². The number of carbonyl (C=O) groups excluding carboxylic acids is 1. The molecule has 130 valence electrons. The van der Waals surface area contributed by atoms with Crippen molar-refractivity contribution in [2.24, 2.45) is 0 Å². The maximum Gasteiger partial charge on any atom is 0.320 e. The minimum atomic E-state index is -0.295. The molecule has 2 amide bonds. The number of hydrogen-bond acceptors (Lipinski definition) is 5. The second-order valence-electron chi connectivity index (χ2n) is 5.61. The highest BCUT2D eigenvalue weighted by molar-refractivity contribution is 5.88. The molecule has 3 aromatic heterocycles. The van der Waals surface area contributed by atoms with Gasteiger partial charge in [-0.05, 0) is 26.3 Å². The summed E-state index contributed by atoms with van der Waals surface area (Å²) in [6.07, 6.45) is 7.78. The number of urea groups is 1. The van der Waals surface area contributed by atoms with Crippen LogP contribution in [0.15, 0.2) is 37.1 Å². The third kappa shape index (κ3) is 4.40. The first-order valence-corrected chi connectivity index (χ1v) is 7.99. The van der Waals surface area contributed by atoms with E-state index in [0.29, 0.717) is 18.3 Å². The summed E-state index contributed by atoms with van der Waals surface area (Å²) in [6, 6.07) is 3.29. The molecule has 3 rings (SSSR count). The largest absolute Gasteiger partial charge is 0.338 e. The van der Waals surface area contributed by atoms with Crippen LogP contribution in [0.4, 0.5) is 10.6 Å². The fourth-order valence-corrected chi connectivity index (χ4v) is 2.40. The van der Waals surface area contributed by atoms with Crippen molar-refractivity contribution in [2.45, 2.75) is 26.8 Å². The Hall–Kier alpha value is -3.23. The van der Waals surface area contributed by atoms with Crippen LogP contribution < -0.4 is 10.6 Å². The van der Waals surface area contributed by atoms with E-state index in [1.165, 1.54) is 4.68 Å². The van der Waals surface area contributed by atoms with E-state index in [2.05, 4.69) is 30.7 Å². The Balaban J connectivity index is 1.56. The van der Waals surface area contributed by atoms with Gasteiger partial charge in [0.25, 0.3) is 5.95 Å². The van der Waals surface area contributed by atoms with Crippen molar-refractivity contribution in [2.75, 3.05) is 11.9 Å². The molecule has 0 fully saturated rings. The van der Waals surface area contributed by atoms with Gasteiger partial charge in [-0.25, -0.2) is 19.7 Å². The molecule has 0 atom stereocenters. The maximum atomic E-state index is 12.1. The Morgan fingerprint density at radius 2 is 2.00 bits per heavy atom. The summed E-state index contributed by atoms with van der Waals surface area (Å²) in [5.74, 6) is 0.940. The van der Waals surface area contributed by atoms with Gasteiger partial charge in [0.15, 0.2) is 0 Å². The minimum Gasteiger partial charge on any atom is -0.338 e. The Morgan fingerprint density at radius 3 is 2.72 bits per heavy atom. The Kier molecular flexibility index (Phi) is 5.03. The SMILES string of the molecule is Cc1cc(C)nc(-n2nccc2NC(=O)NCCCn2ccnc2)n1. The molecule has 0 aliphatic rings. The number of aromatic nitrogens is 6. The lowest BCUT2D eigenvalue weighted by Crippen LogP contribution is -2.31. The lowest BCUT2D eigenvalue weighted by Gasteiger charge is -2.10. The smallest absolute Gasteiger partial charge is 0.320 e. The Bertz CT molecular complexity index is 819. The zero-order chi connectivity index (χ0) is 17.6. The number of hydrogen-bond donors (Lipinski definition) is 2. The van der Waals surface area contributed by atoms with E-state index in [1.54, 1.807) is 24.8 Å². The summed E-state index contributed by atoms with van der Waals surface area (Å²) in [7, 11) is 0. The van der Waals surface area contributed by atoms with Crippen molar-refractivity contribution in [3.63, 3.8) is 0 Å². The standard InChI is InChI=1S/C16H20N8O/c1-12-10-13(2)21-15(20-12)24-14(4-6-19-24)22-16(25)18-5-3-8-23-9-7-17-11-23/h4,6-7,9-11H,3,5,8H2,1-2H3,(H2,18,22,25). The third-order valence-corrected chi connectivity index (χ3v) is 3.48. The molecule has 9 heteroatoms. The minimum absolute atomic E-state index is 0.295. The predicted octanol–water partition coefficient (Wildman–Crippen LogP) is 1.69. The van der Waals surface area contributed by atoms with E-state index in [9.17, 15) is 4.79 Å². The first-order valence-electron chi connectivity index (χ1n) is 7.99. The monoisotopic (exact) mass is 340 g/mol. The molecule has 0 radical (unpaired) electrons. The van der Waals surface area contributed by atoms with Crippen molar-refractivity contribution in [3.8, 4) is 5.95 Å². The van der Waals surface area contributed by atoms with Crippen LogP contribution in [-0.2, 0) is 6.54 Å². The van der Waals surface area contributed by atoms with Gasteiger partial charge < -0.3 is 9.88 Å². The van der Waals surface area contributed by atoms with Gasteiger partial charge in [-0.15, -0.1) is 0 Å². The molecule has 0 aromatic carbocycles. The molecule has 0 unspecified atom stereocenters. The Morgan fingerprint density at radius 1 is 1.20 bits per heavy atom. The van der Waals surface area contributed by atoms with E-state index in [-0.39, 0.29) is 6.03 Å². The number of aryl methyl sites for hydroxylation is 3. The first-order chi connectivity index (χ1) is 12.1. The van der Waals surface area contributed by atoms with E-state index in [4.69, 9.17) is 0 Å². The van der Waals surface area contributed by atoms with Crippen molar-refractivity contribution in [1.82, 2.24) is 34.6 Å². The van der Waals surface area contributed by atoms with Crippen LogP contribution in [0.1, 0.15) is 17.8 Å². The van der Waals surface area contributed by atoms with E-state index in [0.717, 1.165) is 24.4 Å². The lowest BCUT2D eigenvalue weighted by atomic mass is 10.4. The van der Waals surface area contributed by atoms with Crippen LogP contribution >= 0.6 is 0 Å². The van der Waals surface area contributed by atoms with Gasteiger partial charge in [-0.3, -0.25) is 5.32 Å². The van der Waals surface area contributed by atoms with Crippen LogP contribution in [0.25, 0.3) is 5.95 Å². The van der Waals surface area contributed by atoms with Crippen molar-refractivity contribution in [3.05, 3.63) is 48.4 Å². The average molecular weight is 340 g/mol. The van der Waals surface area contributed by atoms with Crippen molar-refractivity contribution < 1.29 is 4.79 Å². The lowest BCUT2D eigenvalue weighted by molar-refractivity contribution is 0.251. The first kappa shape index (κ1) is 16.6. The highest BCUT2D eigenvalue weighted by Gasteiger charge is 2.11.